The van der Waals surface area contributed by atoms with Crippen molar-refractivity contribution in [2.24, 2.45) is 0 Å². The van der Waals surface area contributed by atoms with Crippen molar-refractivity contribution in [3.63, 3.8) is 0 Å². The average Bonchev–Trinajstić information content (AvgIpc) is 3.16. The number of rotatable bonds is 6. The standard InChI is InChI=1S/C19H28N2O3.C2HF3O2/c1-23-12-8-19(22)21-9-7-17(20-10-13-24-14-11-20)18(21)15-16-5-3-2-4-6-16;3-2(4,5)1(6)7/h2-6,17-18H,7-15H2,1H3;(H,6,7)/t17-,18+;/m1./s1. The van der Waals surface area contributed by atoms with Crippen LogP contribution < -0.4 is 0 Å². The van der Waals surface area contributed by atoms with Crippen LogP contribution in [0.1, 0.15) is 18.4 Å². The third kappa shape index (κ3) is 7.79. The number of methoxy groups -OCH3 is 1. The minimum Gasteiger partial charge on any atom is -0.475 e. The van der Waals surface area contributed by atoms with Crippen molar-refractivity contribution in [3.05, 3.63) is 35.9 Å². The number of carbonyl (C=O) groups excluding carboxylic acids is 1. The molecule has 10 heteroatoms. The maximum atomic E-state index is 12.6. The first-order chi connectivity index (χ1) is 14.7. The molecule has 0 spiro atoms. The molecule has 0 radical (unpaired) electrons. The zero-order chi connectivity index (χ0) is 22.9. The second kappa shape index (κ2) is 12.0. The second-order valence-electron chi connectivity index (χ2n) is 7.39. The molecule has 174 valence electrons. The monoisotopic (exact) mass is 446 g/mol. The van der Waals surface area contributed by atoms with Crippen LogP contribution in [0.2, 0.25) is 0 Å². The summed E-state index contributed by atoms with van der Waals surface area (Å²) >= 11 is 0. The van der Waals surface area contributed by atoms with E-state index in [0.717, 1.165) is 45.7 Å². The van der Waals surface area contributed by atoms with E-state index < -0.39 is 12.1 Å². The van der Waals surface area contributed by atoms with Crippen LogP contribution in [0.4, 0.5) is 13.2 Å². The number of carbonyl (C=O) groups is 2. The first kappa shape index (κ1) is 25.1. The molecule has 2 aliphatic heterocycles. The van der Waals surface area contributed by atoms with Crippen LogP contribution in [-0.2, 0) is 25.5 Å². The quantitative estimate of drug-likeness (QED) is 0.722. The third-order valence-electron chi connectivity index (χ3n) is 5.40. The molecule has 2 saturated heterocycles. The van der Waals surface area contributed by atoms with Crippen LogP contribution in [0, 0.1) is 0 Å². The number of carboxylic acid groups (broad SMARTS) is 1. The van der Waals surface area contributed by atoms with Crippen LogP contribution in [0.25, 0.3) is 0 Å². The molecule has 31 heavy (non-hydrogen) atoms. The highest BCUT2D eigenvalue weighted by atomic mass is 19.4. The molecule has 7 nitrogen and oxygen atoms in total. The summed E-state index contributed by atoms with van der Waals surface area (Å²) in [5.74, 6) is -2.54. The lowest BCUT2D eigenvalue weighted by atomic mass is 9.98. The highest BCUT2D eigenvalue weighted by molar-refractivity contribution is 5.77. The van der Waals surface area contributed by atoms with Crippen molar-refractivity contribution in [3.8, 4) is 0 Å². The molecular weight excluding hydrogens is 417 g/mol. The Balaban J connectivity index is 0.000000423. The zero-order valence-electron chi connectivity index (χ0n) is 17.5. The van der Waals surface area contributed by atoms with Crippen LogP contribution in [0.5, 0.6) is 0 Å². The summed E-state index contributed by atoms with van der Waals surface area (Å²) in [6, 6.07) is 11.2. The number of likely N-dealkylation sites (tertiary alicyclic amines) is 1. The van der Waals surface area contributed by atoms with Crippen molar-refractivity contribution in [2.45, 2.75) is 37.5 Å². The Hall–Kier alpha value is -2.17. The normalized spacial score (nSPS) is 22.0. The van der Waals surface area contributed by atoms with Crippen molar-refractivity contribution >= 4 is 11.9 Å². The molecule has 0 aromatic heterocycles. The average molecular weight is 446 g/mol. The van der Waals surface area contributed by atoms with Gasteiger partial charge in [-0.3, -0.25) is 9.69 Å². The fraction of sp³-hybridized carbons (Fsp3) is 0.619. The van der Waals surface area contributed by atoms with Gasteiger partial charge in [0.1, 0.15) is 0 Å². The highest BCUT2D eigenvalue weighted by Gasteiger charge is 2.40. The van der Waals surface area contributed by atoms with Gasteiger partial charge in [-0.15, -0.1) is 0 Å². The van der Waals surface area contributed by atoms with Gasteiger partial charge in [-0.2, -0.15) is 13.2 Å². The summed E-state index contributed by atoms with van der Waals surface area (Å²) in [5.41, 5.74) is 1.30. The largest absolute Gasteiger partial charge is 0.490 e. The van der Waals surface area contributed by atoms with Crippen LogP contribution >= 0.6 is 0 Å². The molecule has 2 fully saturated rings. The second-order valence-corrected chi connectivity index (χ2v) is 7.39. The Morgan fingerprint density at radius 3 is 2.32 bits per heavy atom. The van der Waals surface area contributed by atoms with Gasteiger partial charge in [-0.1, -0.05) is 30.3 Å². The molecule has 0 aliphatic carbocycles. The topological polar surface area (TPSA) is 79.3 Å². The third-order valence-corrected chi connectivity index (χ3v) is 5.40. The van der Waals surface area contributed by atoms with Crippen LogP contribution in [0.15, 0.2) is 30.3 Å². The van der Waals surface area contributed by atoms with E-state index in [1.165, 1.54) is 5.56 Å². The fourth-order valence-corrected chi connectivity index (χ4v) is 3.92. The maximum absolute atomic E-state index is 12.6. The van der Waals surface area contributed by atoms with E-state index in [2.05, 4.69) is 34.1 Å². The van der Waals surface area contributed by atoms with Gasteiger partial charge in [0, 0.05) is 32.8 Å². The number of amides is 1. The number of aliphatic carboxylic acids is 1. The fourth-order valence-electron chi connectivity index (χ4n) is 3.92. The summed E-state index contributed by atoms with van der Waals surface area (Å²) in [5, 5.41) is 7.12. The molecule has 2 atom stereocenters. The predicted molar refractivity (Wildman–Crippen MR) is 107 cm³/mol. The summed E-state index contributed by atoms with van der Waals surface area (Å²) in [7, 11) is 1.65. The van der Waals surface area contributed by atoms with Gasteiger partial charge >= 0.3 is 12.1 Å². The number of ether oxygens (including phenoxy) is 2. The smallest absolute Gasteiger partial charge is 0.475 e. The van der Waals surface area contributed by atoms with E-state index in [1.54, 1.807) is 7.11 Å². The first-order valence-electron chi connectivity index (χ1n) is 10.2. The van der Waals surface area contributed by atoms with E-state index in [9.17, 15) is 18.0 Å². The maximum Gasteiger partial charge on any atom is 0.490 e. The molecular formula is C21H29F3N2O5. The van der Waals surface area contributed by atoms with Gasteiger partial charge in [-0.25, -0.2) is 4.79 Å². The number of nitrogens with zero attached hydrogens (tertiary/aromatic N) is 2. The zero-order valence-corrected chi connectivity index (χ0v) is 17.5. The Morgan fingerprint density at radius 2 is 1.77 bits per heavy atom. The van der Waals surface area contributed by atoms with Gasteiger partial charge in [-0.05, 0) is 18.4 Å². The summed E-state index contributed by atoms with van der Waals surface area (Å²) in [6.45, 7) is 4.88. The SMILES string of the molecule is COCCC(=O)N1CC[C@@H](N2CCOCC2)[C@@H]1Cc1ccccc1.O=C(O)C(F)(F)F. The molecule has 1 N–H and O–H groups in total. The minimum absolute atomic E-state index is 0.216. The van der Waals surface area contributed by atoms with Gasteiger partial charge in [0.25, 0.3) is 0 Å². The molecule has 2 heterocycles. The molecule has 0 unspecified atom stereocenters. The predicted octanol–water partition coefficient (Wildman–Crippen LogP) is 2.20. The van der Waals surface area contributed by atoms with Crippen molar-refractivity contribution in [1.82, 2.24) is 9.80 Å². The molecule has 1 aromatic carbocycles. The number of benzene rings is 1. The number of alkyl halides is 3. The van der Waals surface area contributed by atoms with Crippen molar-refractivity contribution in [1.29, 1.82) is 0 Å². The van der Waals surface area contributed by atoms with Gasteiger partial charge < -0.3 is 19.5 Å². The molecule has 3 rings (SSSR count). The van der Waals surface area contributed by atoms with E-state index in [1.807, 2.05) is 6.07 Å². The number of hydrogen-bond donors (Lipinski definition) is 1. The van der Waals surface area contributed by atoms with E-state index >= 15 is 0 Å². The summed E-state index contributed by atoms with van der Waals surface area (Å²) < 4.78 is 42.3. The molecule has 0 bridgehead atoms. The number of hydrogen-bond acceptors (Lipinski definition) is 5. The Bertz CT molecular complexity index is 696. The number of halogens is 3. The number of morpholine rings is 1. The molecule has 2 aliphatic rings. The van der Waals surface area contributed by atoms with Crippen LogP contribution in [0.3, 0.4) is 0 Å². The molecule has 1 amide bonds. The number of carboxylic acids is 1. The summed E-state index contributed by atoms with van der Waals surface area (Å²) in [4.78, 5) is 26.1. The van der Waals surface area contributed by atoms with Crippen LogP contribution in [-0.4, -0.2) is 91.6 Å². The Labute approximate surface area is 179 Å². The van der Waals surface area contributed by atoms with Crippen molar-refractivity contribution < 1.29 is 37.3 Å². The highest BCUT2D eigenvalue weighted by Crippen LogP contribution is 2.27. The lowest BCUT2D eigenvalue weighted by molar-refractivity contribution is -0.192. The summed E-state index contributed by atoms with van der Waals surface area (Å²) in [6.07, 6.45) is -2.64. The van der Waals surface area contributed by atoms with E-state index in [-0.39, 0.29) is 11.9 Å². The van der Waals surface area contributed by atoms with Gasteiger partial charge in [0.2, 0.25) is 5.91 Å². The Morgan fingerprint density at radius 1 is 1.16 bits per heavy atom. The minimum atomic E-state index is -5.08. The molecule has 0 saturated carbocycles. The van der Waals surface area contributed by atoms with Crippen molar-refractivity contribution in [2.75, 3.05) is 46.6 Å². The van der Waals surface area contributed by atoms with Gasteiger partial charge in [0.05, 0.1) is 32.3 Å². The first-order valence-corrected chi connectivity index (χ1v) is 10.2. The van der Waals surface area contributed by atoms with E-state index in [0.29, 0.717) is 19.1 Å². The Kier molecular flexibility index (Phi) is 9.73. The van der Waals surface area contributed by atoms with Gasteiger partial charge in [0.15, 0.2) is 0 Å². The molecule has 1 aromatic rings. The lowest BCUT2D eigenvalue weighted by Crippen LogP contribution is -2.51. The lowest BCUT2D eigenvalue weighted by Gasteiger charge is -2.37. The van der Waals surface area contributed by atoms with E-state index in [4.69, 9.17) is 19.4 Å².